The minimum Gasteiger partial charge on any atom is -0.492 e. The van der Waals surface area contributed by atoms with Crippen LogP contribution in [-0.4, -0.2) is 46.7 Å². The first-order valence-electron chi connectivity index (χ1n) is 13.5. The first kappa shape index (κ1) is 29.5. The Morgan fingerprint density at radius 1 is 1.00 bits per heavy atom. The fourth-order valence-corrected chi connectivity index (χ4v) is 10.3. The average Bonchev–Trinajstić information content (AvgIpc) is 2.94. The maximum absolute atomic E-state index is 6.81. The van der Waals surface area contributed by atoms with E-state index in [0.717, 1.165) is 43.2 Å². The van der Waals surface area contributed by atoms with Gasteiger partial charge in [0.15, 0.2) is 0 Å². The van der Waals surface area contributed by atoms with Gasteiger partial charge < -0.3 is 14.0 Å². The molecule has 2 aromatic carbocycles. The first-order chi connectivity index (χ1) is 18.2. The van der Waals surface area contributed by atoms with Crippen LogP contribution in [0, 0.1) is 0 Å². The van der Waals surface area contributed by atoms with Crippen molar-refractivity contribution in [3.05, 3.63) is 59.2 Å². The molecule has 2 saturated heterocycles. The number of likely N-dealkylation sites (tertiary alicyclic amines) is 1. The maximum atomic E-state index is 6.81. The number of halogens is 1. The Hall–Kier alpha value is -0.0156. The predicted octanol–water partition coefficient (Wildman–Crippen LogP) is 8.51. The van der Waals surface area contributed by atoms with Crippen molar-refractivity contribution in [2.75, 3.05) is 37.7 Å². The third kappa shape index (κ3) is 6.72. The first-order valence-corrected chi connectivity index (χ1v) is 19.5. The molecule has 1 radical (unpaired) electrons. The van der Waals surface area contributed by atoms with Crippen molar-refractivity contribution >= 4 is 57.6 Å². The predicted molar refractivity (Wildman–Crippen MR) is 168 cm³/mol. The van der Waals surface area contributed by atoms with E-state index in [1.54, 1.807) is 0 Å². The Labute approximate surface area is 262 Å². The number of ether oxygens (including phenoxy) is 2. The Kier molecular flexibility index (Phi) is 10.7. The number of hydrogen-bond donors (Lipinski definition) is 0. The van der Waals surface area contributed by atoms with Gasteiger partial charge in [0.2, 0.25) is 0 Å². The van der Waals surface area contributed by atoms with E-state index < -0.39 is 0 Å². The molecule has 0 bridgehead atoms. The van der Waals surface area contributed by atoms with Crippen molar-refractivity contribution in [1.82, 2.24) is 4.90 Å². The fourth-order valence-electron chi connectivity index (χ4n) is 6.02. The molecule has 9 heteroatoms. The van der Waals surface area contributed by atoms with Gasteiger partial charge in [0.1, 0.15) is 36.4 Å². The van der Waals surface area contributed by atoms with Crippen molar-refractivity contribution < 1.29 is 32.6 Å². The van der Waals surface area contributed by atoms with Crippen LogP contribution in [0.2, 0.25) is 0 Å². The molecule has 4 nitrogen and oxygen atoms in total. The summed E-state index contributed by atoms with van der Waals surface area (Å²) in [6, 6.07) is 15.1. The number of nitrogens with zero attached hydrogens (tertiary/aromatic N) is 1. The van der Waals surface area contributed by atoms with Crippen LogP contribution in [-0.2, 0) is 18.6 Å². The summed E-state index contributed by atoms with van der Waals surface area (Å²) in [6.07, 6.45) is 8.74. The van der Waals surface area contributed by atoms with Gasteiger partial charge in [-0.3, -0.25) is 4.90 Å². The SMILES string of the molecule is IPOc1ccc2c(c1)O[C@@H](c1ccc(OCCN3CCCCC3)cc1)C1=C2CCC2(C1)SCCCS2.[V]. The molecule has 4 aliphatic rings. The second-order valence-electron chi connectivity index (χ2n) is 10.3. The van der Waals surface area contributed by atoms with Crippen LogP contribution in [0.15, 0.2) is 48.0 Å². The smallest absolute Gasteiger partial charge is 0.146 e. The van der Waals surface area contributed by atoms with E-state index in [4.69, 9.17) is 14.0 Å². The summed E-state index contributed by atoms with van der Waals surface area (Å²) in [5.41, 5.74) is 5.44. The normalized spacial score (nSPS) is 22.9. The molecule has 0 amide bonds. The van der Waals surface area contributed by atoms with E-state index in [9.17, 15) is 0 Å². The molecule has 0 N–H and O–H groups in total. The number of fused-ring (bicyclic) bond motifs is 2. The van der Waals surface area contributed by atoms with Crippen molar-refractivity contribution in [2.45, 2.75) is 55.1 Å². The minimum absolute atomic E-state index is 0. The second-order valence-corrected chi connectivity index (χ2v) is 15.2. The van der Waals surface area contributed by atoms with E-state index in [1.807, 2.05) is 0 Å². The van der Waals surface area contributed by atoms with Crippen LogP contribution in [0.25, 0.3) is 5.57 Å². The van der Waals surface area contributed by atoms with Crippen LogP contribution in [0.1, 0.15) is 62.2 Å². The quantitative estimate of drug-likeness (QED) is 0.211. The number of hydrogen-bond acceptors (Lipinski definition) is 6. The summed E-state index contributed by atoms with van der Waals surface area (Å²) in [7, 11) is 0. The third-order valence-corrected chi connectivity index (χ3v) is 12.3. The van der Waals surface area contributed by atoms with Crippen molar-refractivity contribution in [3.8, 4) is 17.2 Å². The molecule has 0 saturated carbocycles. The number of allylic oxidation sites excluding steroid dienone is 1. The summed E-state index contributed by atoms with van der Waals surface area (Å²) in [4.78, 5) is 2.52. The Bertz CT molecular complexity index is 1120. The third-order valence-electron chi connectivity index (χ3n) is 7.93. The van der Waals surface area contributed by atoms with Gasteiger partial charge in [-0.1, -0.05) is 18.6 Å². The zero-order chi connectivity index (χ0) is 25.1. The molecular formula is C29H35INO3PS2V. The molecule has 2 aromatic rings. The van der Waals surface area contributed by atoms with Gasteiger partial charge in [-0.2, -0.15) is 0 Å². The molecular weight excluding hydrogens is 683 g/mol. The standard InChI is InChI=1S/C29H35INO3PS2.V/c30-35-34-23-9-10-25-24-11-12-29(36-17-4-18-37-29)20-26(24)28(33-27(25)19-23)21-5-7-22(8-6-21)32-16-15-31-13-2-1-3-14-31;/h5-10,19,28,35H,1-4,11-18,20H2;/t28-;/m0./s1. The van der Waals surface area contributed by atoms with Crippen LogP contribution in [0.3, 0.4) is 0 Å². The van der Waals surface area contributed by atoms with Crippen molar-refractivity contribution in [3.63, 3.8) is 0 Å². The summed E-state index contributed by atoms with van der Waals surface area (Å²) in [5.74, 6) is 5.34. The molecule has 1 unspecified atom stereocenters. The minimum atomic E-state index is -0.0532. The summed E-state index contributed by atoms with van der Waals surface area (Å²) >= 11 is 6.64. The number of piperidine rings is 1. The fraction of sp³-hybridized carbons (Fsp3) is 0.517. The molecule has 203 valence electrons. The summed E-state index contributed by atoms with van der Waals surface area (Å²) in [5, 5.41) is 0. The van der Waals surface area contributed by atoms with Gasteiger partial charge in [-0.15, -0.1) is 23.5 Å². The summed E-state index contributed by atoms with van der Waals surface area (Å²) in [6.45, 7) is 4.58. The Morgan fingerprint density at radius 2 is 1.76 bits per heavy atom. The zero-order valence-corrected chi connectivity index (χ0v) is 27.8. The van der Waals surface area contributed by atoms with Gasteiger partial charge in [0.25, 0.3) is 0 Å². The van der Waals surface area contributed by atoms with Gasteiger partial charge in [-0.05, 0) is 126 Å². The molecule has 3 heterocycles. The maximum Gasteiger partial charge on any atom is 0.146 e. The van der Waals surface area contributed by atoms with Crippen LogP contribution < -0.4 is 14.0 Å². The van der Waals surface area contributed by atoms with Crippen LogP contribution in [0.5, 0.6) is 17.2 Å². The summed E-state index contributed by atoms with van der Waals surface area (Å²) < 4.78 is 19.1. The average molecular weight is 719 g/mol. The number of thioether (sulfide) groups is 2. The molecule has 1 spiro atoms. The largest absolute Gasteiger partial charge is 0.492 e. The van der Waals surface area contributed by atoms with Crippen LogP contribution >= 0.6 is 52.0 Å². The van der Waals surface area contributed by atoms with Crippen molar-refractivity contribution in [2.24, 2.45) is 0 Å². The van der Waals surface area contributed by atoms with E-state index in [-0.39, 0.29) is 24.7 Å². The van der Waals surface area contributed by atoms with E-state index in [0.29, 0.717) is 10.5 Å². The monoisotopic (exact) mass is 718 g/mol. The van der Waals surface area contributed by atoms with E-state index >= 15 is 0 Å². The second kappa shape index (κ2) is 13.8. The van der Waals surface area contributed by atoms with Crippen LogP contribution in [0.4, 0.5) is 0 Å². The molecule has 38 heavy (non-hydrogen) atoms. The zero-order valence-electron chi connectivity index (χ0n) is 21.6. The topological polar surface area (TPSA) is 30.9 Å². The van der Waals surface area contributed by atoms with Gasteiger partial charge in [0.05, 0.1) is 4.08 Å². The molecule has 2 atom stereocenters. The molecule has 1 aliphatic carbocycles. The number of rotatable bonds is 7. The van der Waals surface area contributed by atoms with Crippen molar-refractivity contribution in [1.29, 1.82) is 0 Å². The van der Waals surface area contributed by atoms with E-state index in [1.165, 1.54) is 79.0 Å². The van der Waals surface area contributed by atoms with Gasteiger partial charge in [0, 0.05) is 36.7 Å². The molecule has 2 fully saturated rings. The molecule has 0 aromatic heterocycles. The Morgan fingerprint density at radius 3 is 2.53 bits per heavy atom. The number of benzene rings is 2. The molecule has 3 aliphatic heterocycles. The van der Waals surface area contributed by atoms with Gasteiger partial charge in [-0.25, -0.2) is 0 Å². The Balaban J connectivity index is 0.00000294. The molecule has 6 rings (SSSR count). The van der Waals surface area contributed by atoms with Gasteiger partial charge >= 0.3 is 0 Å². The van der Waals surface area contributed by atoms with E-state index in [2.05, 4.69) is 92.9 Å².